The van der Waals surface area contributed by atoms with Gasteiger partial charge in [-0.05, 0) is 36.6 Å². The summed E-state index contributed by atoms with van der Waals surface area (Å²) in [6, 6.07) is 14.6. The first-order valence-corrected chi connectivity index (χ1v) is 9.22. The lowest BCUT2D eigenvalue weighted by molar-refractivity contribution is -0.384. The molecule has 1 N–H and O–H groups in total. The van der Waals surface area contributed by atoms with E-state index in [-0.39, 0.29) is 17.1 Å². The van der Waals surface area contributed by atoms with E-state index in [1.165, 1.54) is 17.8 Å². The van der Waals surface area contributed by atoms with Crippen molar-refractivity contribution in [2.45, 2.75) is 19.9 Å². The number of fused-ring (bicyclic) bond motifs is 1. The van der Waals surface area contributed by atoms with Crippen molar-refractivity contribution in [1.29, 1.82) is 0 Å². The zero-order chi connectivity index (χ0) is 20.4. The summed E-state index contributed by atoms with van der Waals surface area (Å²) in [7, 11) is 0. The first kappa shape index (κ1) is 18.5. The molecule has 1 aromatic carbocycles. The molecule has 2 aromatic heterocycles. The number of anilines is 2. The van der Waals surface area contributed by atoms with Gasteiger partial charge >= 0.3 is 5.69 Å². The molecule has 4 rings (SSSR count). The fourth-order valence-corrected chi connectivity index (χ4v) is 3.43. The van der Waals surface area contributed by atoms with Crippen LogP contribution in [0.3, 0.4) is 0 Å². The van der Waals surface area contributed by atoms with Gasteiger partial charge in [-0.15, -0.1) is 0 Å². The SMILES string of the molecule is Cc1cccc(NC(=O)c2cnc(N3CCc4ccccc4C3)c([N+](=O)[O-])c2)n1. The predicted molar refractivity (Wildman–Crippen MR) is 109 cm³/mol. The first-order chi connectivity index (χ1) is 14.0. The predicted octanol–water partition coefficient (Wildman–Crippen LogP) is 3.51. The molecule has 0 bridgehead atoms. The van der Waals surface area contributed by atoms with E-state index in [4.69, 9.17) is 0 Å². The van der Waals surface area contributed by atoms with Crippen LogP contribution in [-0.4, -0.2) is 27.3 Å². The summed E-state index contributed by atoms with van der Waals surface area (Å²) in [5, 5.41) is 14.3. The number of carbonyl (C=O) groups excluding carboxylic acids is 1. The second-order valence-corrected chi connectivity index (χ2v) is 6.88. The maximum Gasteiger partial charge on any atom is 0.312 e. The van der Waals surface area contributed by atoms with Gasteiger partial charge in [-0.25, -0.2) is 9.97 Å². The third kappa shape index (κ3) is 3.91. The Morgan fingerprint density at radius 3 is 2.72 bits per heavy atom. The number of amides is 1. The van der Waals surface area contributed by atoms with Gasteiger partial charge in [-0.1, -0.05) is 30.3 Å². The van der Waals surface area contributed by atoms with Gasteiger partial charge < -0.3 is 10.2 Å². The molecule has 3 heterocycles. The highest BCUT2D eigenvalue weighted by atomic mass is 16.6. The van der Waals surface area contributed by atoms with Crippen LogP contribution in [0.25, 0.3) is 0 Å². The minimum atomic E-state index is -0.495. The number of carbonyl (C=O) groups is 1. The highest BCUT2D eigenvalue weighted by Gasteiger charge is 2.26. The van der Waals surface area contributed by atoms with Gasteiger partial charge in [0.2, 0.25) is 5.82 Å². The van der Waals surface area contributed by atoms with E-state index in [0.29, 0.717) is 18.9 Å². The molecule has 0 spiro atoms. The molecule has 29 heavy (non-hydrogen) atoms. The molecule has 3 aromatic rings. The zero-order valence-corrected chi connectivity index (χ0v) is 15.8. The molecule has 8 nitrogen and oxygen atoms in total. The van der Waals surface area contributed by atoms with E-state index in [1.807, 2.05) is 36.1 Å². The molecule has 8 heteroatoms. The van der Waals surface area contributed by atoms with Gasteiger partial charge in [0.05, 0.1) is 10.5 Å². The maximum absolute atomic E-state index is 12.5. The lowest BCUT2D eigenvalue weighted by atomic mass is 10.00. The van der Waals surface area contributed by atoms with Crippen LogP contribution in [0.15, 0.2) is 54.7 Å². The lowest BCUT2D eigenvalue weighted by Crippen LogP contribution is -2.31. The monoisotopic (exact) mass is 389 g/mol. The van der Waals surface area contributed by atoms with Crippen molar-refractivity contribution in [1.82, 2.24) is 9.97 Å². The molecule has 0 unspecified atom stereocenters. The number of aryl methyl sites for hydroxylation is 1. The summed E-state index contributed by atoms with van der Waals surface area (Å²) in [4.78, 5) is 34.1. The number of nitrogens with one attached hydrogen (secondary N) is 1. The molecule has 0 saturated heterocycles. The fourth-order valence-electron chi connectivity index (χ4n) is 3.43. The number of pyridine rings is 2. The molecule has 1 aliphatic rings. The largest absolute Gasteiger partial charge is 0.346 e. The molecule has 146 valence electrons. The zero-order valence-electron chi connectivity index (χ0n) is 15.8. The number of nitro groups is 1. The Morgan fingerprint density at radius 2 is 1.97 bits per heavy atom. The standard InChI is InChI=1S/C21H19N5O3/c1-14-5-4-8-19(23-14)24-21(27)17-11-18(26(28)29)20(22-12-17)25-10-9-15-6-2-3-7-16(15)13-25/h2-8,11-12H,9-10,13H2,1H3,(H,23,24,27). The molecule has 0 saturated carbocycles. The van der Waals surface area contributed by atoms with Gasteiger partial charge in [0.25, 0.3) is 5.91 Å². The smallest absolute Gasteiger partial charge is 0.312 e. The number of hydrogen-bond acceptors (Lipinski definition) is 6. The average Bonchev–Trinajstić information content (AvgIpc) is 2.73. The van der Waals surface area contributed by atoms with Gasteiger partial charge in [0.1, 0.15) is 5.82 Å². The van der Waals surface area contributed by atoms with Crippen LogP contribution in [0, 0.1) is 17.0 Å². The Kier molecular flexibility index (Phi) is 4.90. The average molecular weight is 389 g/mol. The number of rotatable bonds is 4. The Balaban J connectivity index is 1.60. The Morgan fingerprint density at radius 1 is 1.17 bits per heavy atom. The second-order valence-electron chi connectivity index (χ2n) is 6.88. The lowest BCUT2D eigenvalue weighted by Gasteiger charge is -2.29. The number of nitrogens with zero attached hydrogens (tertiary/aromatic N) is 4. The molecule has 0 fully saturated rings. The minimum Gasteiger partial charge on any atom is -0.346 e. The topological polar surface area (TPSA) is 101 Å². The van der Waals surface area contributed by atoms with Crippen LogP contribution in [-0.2, 0) is 13.0 Å². The third-order valence-corrected chi connectivity index (χ3v) is 4.87. The van der Waals surface area contributed by atoms with Crippen molar-refractivity contribution in [3.8, 4) is 0 Å². The summed E-state index contributed by atoms with van der Waals surface area (Å²) in [5.41, 5.74) is 3.05. The number of hydrogen-bond donors (Lipinski definition) is 1. The summed E-state index contributed by atoms with van der Waals surface area (Å²) in [5.74, 6) is 0.165. The van der Waals surface area contributed by atoms with Crippen molar-refractivity contribution < 1.29 is 9.72 Å². The van der Waals surface area contributed by atoms with Gasteiger partial charge in [0, 0.05) is 31.0 Å². The van der Waals surface area contributed by atoms with E-state index in [2.05, 4.69) is 21.4 Å². The summed E-state index contributed by atoms with van der Waals surface area (Å²) in [6.07, 6.45) is 2.16. The number of aromatic nitrogens is 2. The Bertz CT molecular complexity index is 1100. The van der Waals surface area contributed by atoms with Crippen LogP contribution in [0.1, 0.15) is 27.2 Å². The van der Waals surface area contributed by atoms with Crippen molar-refractivity contribution in [3.05, 3.63) is 87.2 Å². The molecule has 1 aliphatic heterocycles. The Labute approximate surface area is 167 Å². The van der Waals surface area contributed by atoms with Crippen LogP contribution in [0.4, 0.5) is 17.3 Å². The highest BCUT2D eigenvalue weighted by Crippen LogP contribution is 2.31. The van der Waals surface area contributed by atoms with Crippen LogP contribution in [0.5, 0.6) is 0 Å². The molecule has 0 radical (unpaired) electrons. The summed E-state index contributed by atoms with van der Waals surface area (Å²) >= 11 is 0. The maximum atomic E-state index is 12.5. The van der Waals surface area contributed by atoms with Gasteiger partial charge in [0.15, 0.2) is 0 Å². The molecule has 0 atom stereocenters. The van der Waals surface area contributed by atoms with Crippen molar-refractivity contribution in [2.75, 3.05) is 16.8 Å². The minimum absolute atomic E-state index is 0.112. The molecule has 1 amide bonds. The van der Waals surface area contributed by atoms with Crippen LogP contribution in [0.2, 0.25) is 0 Å². The summed E-state index contributed by atoms with van der Waals surface area (Å²) < 4.78 is 0. The van der Waals surface area contributed by atoms with Crippen molar-refractivity contribution in [3.63, 3.8) is 0 Å². The summed E-state index contributed by atoms with van der Waals surface area (Å²) in [6.45, 7) is 2.99. The molecular formula is C21H19N5O3. The van der Waals surface area contributed by atoms with E-state index in [9.17, 15) is 14.9 Å². The van der Waals surface area contributed by atoms with E-state index in [0.717, 1.165) is 17.7 Å². The van der Waals surface area contributed by atoms with Crippen LogP contribution < -0.4 is 10.2 Å². The highest BCUT2D eigenvalue weighted by molar-refractivity contribution is 6.04. The van der Waals surface area contributed by atoms with Crippen molar-refractivity contribution >= 4 is 23.2 Å². The normalized spacial score (nSPS) is 12.9. The van der Waals surface area contributed by atoms with Crippen LogP contribution >= 0.6 is 0 Å². The Hall–Kier alpha value is -3.81. The third-order valence-electron chi connectivity index (χ3n) is 4.87. The van der Waals surface area contributed by atoms with E-state index < -0.39 is 10.8 Å². The number of benzene rings is 1. The van der Waals surface area contributed by atoms with E-state index in [1.54, 1.807) is 12.1 Å². The van der Waals surface area contributed by atoms with Gasteiger partial charge in [-0.2, -0.15) is 0 Å². The molecular weight excluding hydrogens is 370 g/mol. The van der Waals surface area contributed by atoms with E-state index >= 15 is 0 Å². The fraction of sp³-hybridized carbons (Fsp3) is 0.190. The van der Waals surface area contributed by atoms with Gasteiger partial charge in [-0.3, -0.25) is 14.9 Å². The molecule has 0 aliphatic carbocycles. The van der Waals surface area contributed by atoms with Crippen molar-refractivity contribution in [2.24, 2.45) is 0 Å². The first-order valence-electron chi connectivity index (χ1n) is 9.22. The second kappa shape index (κ2) is 7.67. The quantitative estimate of drug-likeness (QED) is 0.541.